The Morgan fingerprint density at radius 3 is 2.67 bits per heavy atom. The average molecular weight is 291 g/mol. The molecule has 100 valence electrons. The lowest BCUT2D eigenvalue weighted by atomic mass is 10.2. The molecule has 1 saturated heterocycles. The zero-order chi connectivity index (χ0) is 13.5. The molecule has 0 spiro atoms. The Morgan fingerprint density at radius 1 is 1.50 bits per heavy atom. The van der Waals surface area contributed by atoms with E-state index in [0.29, 0.717) is 29.2 Å². The Morgan fingerprint density at radius 2 is 2.17 bits per heavy atom. The molecule has 3 N–H and O–H groups in total. The number of hydrogen-bond acceptors (Lipinski definition) is 4. The smallest absolute Gasteiger partial charge is 0.243 e. The summed E-state index contributed by atoms with van der Waals surface area (Å²) in [5.41, 5.74) is 6.74. The number of aliphatic hydroxyl groups is 1. The van der Waals surface area contributed by atoms with Crippen LogP contribution in [0.15, 0.2) is 17.0 Å². The highest BCUT2D eigenvalue weighted by Crippen LogP contribution is 2.29. The Bertz CT molecular complexity index is 551. The van der Waals surface area contributed by atoms with E-state index in [1.165, 1.54) is 16.4 Å². The molecule has 1 heterocycles. The second-order valence-electron chi connectivity index (χ2n) is 4.42. The van der Waals surface area contributed by atoms with Crippen molar-refractivity contribution in [1.29, 1.82) is 0 Å². The minimum Gasteiger partial charge on any atom is -0.398 e. The number of β-amino-alcohol motifs (C(OH)–C–C–N with tert-alkyl or cyclic N) is 1. The Labute approximate surface area is 111 Å². The first-order chi connectivity index (χ1) is 8.32. The third-order valence-corrected chi connectivity index (χ3v) is 5.36. The highest BCUT2D eigenvalue weighted by atomic mass is 35.5. The van der Waals surface area contributed by atoms with Gasteiger partial charge in [-0.25, -0.2) is 8.42 Å². The van der Waals surface area contributed by atoms with E-state index in [-0.39, 0.29) is 11.4 Å². The van der Waals surface area contributed by atoms with Crippen molar-refractivity contribution in [2.75, 3.05) is 18.8 Å². The summed E-state index contributed by atoms with van der Waals surface area (Å²) in [5, 5.41) is 9.73. The number of nitrogens with zero attached hydrogens (tertiary/aromatic N) is 1. The van der Waals surface area contributed by atoms with Crippen LogP contribution in [0, 0.1) is 6.92 Å². The third kappa shape index (κ3) is 2.33. The molecule has 1 unspecified atom stereocenters. The molecule has 2 rings (SSSR count). The predicted octanol–water partition coefficient (Wildman–Crippen LogP) is 0.986. The van der Waals surface area contributed by atoms with Gasteiger partial charge in [-0.1, -0.05) is 11.6 Å². The summed E-state index contributed by atoms with van der Waals surface area (Å²) in [6, 6.07) is 2.80. The second kappa shape index (κ2) is 4.70. The fraction of sp³-hybridized carbons (Fsp3) is 0.455. The molecule has 0 bridgehead atoms. The summed E-state index contributed by atoms with van der Waals surface area (Å²) in [7, 11) is -3.62. The number of anilines is 1. The molecule has 5 nitrogen and oxygen atoms in total. The number of sulfonamides is 1. The van der Waals surface area contributed by atoms with Crippen LogP contribution < -0.4 is 5.73 Å². The first-order valence-corrected chi connectivity index (χ1v) is 7.38. The summed E-state index contributed by atoms with van der Waals surface area (Å²) in [5.74, 6) is 0. The molecule has 1 aromatic rings. The van der Waals surface area contributed by atoms with Crippen LogP contribution >= 0.6 is 11.6 Å². The van der Waals surface area contributed by atoms with Gasteiger partial charge in [0.1, 0.15) is 0 Å². The lowest BCUT2D eigenvalue weighted by molar-refractivity contribution is 0.189. The number of aliphatic hydroxyl groups excluding tert-OH is 1. The highest BCUT2D eigenvalue weighted by Gasteiger charge is 2.32. The first-order valence-electron chi connectivity index (χ1n) is 5.56. The van der Waals surface area contributed by atoms with Crippen LogP contribution in [0.1, 0.15) is 12.0 Å². The van der Waals surface area contributed by atoms with E-state index in [2.05, 4.69) is 0 Å². The molecule has 0 saturated carbocycles. The quantitative estimate of drug-likeness (QED) is 0.796. The zero-order valence-corrected chi connectivity index (χ0v) is 11.5. The number of hydrogen-bond donors (Lipinski definition) is 2. The van der Waals surface area contributed by atoms with Crippen LogP contribution in [0.25, 0.3) is 0 Å². The molecule has 1 fully saturated rings. The van der Waals surface area contributed by atoms with Crippen molar-refractivity contribution in [2.45, 2.75) is 24.3 Å². The fourth-order valence-electron chi connectivity index (χ4n) is 1.90. The summed E-state index contributed by atoms with van der Waals surface area (Å²) >= 11 is 5.95. The van der Waals surface area contributed by atoms with Crippen LogP contribution in [0.4, 0.5) is 5.69 Å². The van der Waals surface area contributed by atoms with Gasteiger partial charge >= 0.3 is 0 Å². The zero-order valence-electron chi connectivity index (χ0n) is 9.93. The van der Waals surface area contributed by atoms with Crippen molar-refractivity contribution in [3.05, 3.63) is 22.7 Å². The Hall–Kier alpha value is -0.820. The number of nitrogen functional groups attached to an aromatic ring is 1. The van der Waals surface area contributed by atoms with Gasteiger partial charge in [0.05, 0.1) is 11.0 Å². The number of rotatable bonds is 2. The minimum absolute atomic E-state index is 0.0738. The maximum atomic E-state index is 12.3. The predicted molar refractivity (Wildman–Crippen MR) is 70.0 cm³/mol. The standard InChI is InChI=1S/C11H15ClN2O3S/c1-7-10(12)4-9(5-11(7)13)18(16,17)14-3-2-8(15)6-14/h4-5,8,15H,2-3,6,13H2,1H3. The van der Waals surface area contributed by atoms with Crippen molar-refractivity contribution in [1.82, 2.24) is 4.31 Å². The molecular weight excluding hydrogens is 276 g/mol. The molecule has 0 radical (unpaired) electrons. The molecular formula is C11H15ClN2O3S. The maximum Gasteiger partial charge on any atom is 0.243 e. The van der Waals surface area contributed by atoms with Crippen molar-refractivity contribution in [3.63, 3.8) is 0 Å². The lowest BCUT2D eigenvalue weighted by Gasteiger charge is -2.17. The molecule has 1 aromatic carbocycles. The summed E-state index contributed by atoms with van der Waals surface area (Å²) in [6.07, 6.45) is -0.146. The largest absolute Gasteiger partial charge is 0.398 e. The van der Waals surface area contributed by atoms with E-state index in [9.17, 15) is 13.5 Å². The van der Waals surface area contributed by atoms with Crippen molar-refractivity contribution in [3.8, 4) is 0 Å². The number of benzene rings is 1. The molecule has 0 amide bonds. The van der Waals surface area contributed by atoms with Gasteiger partial charge in [-0.3, -0.25) is 0 Å². The topological polar surface area (TPSA) is 83.6 Å². The van der Waals surface area contributed by atoms with Crippen molar-refractivity contribution >= 4 is 27.3 Å². The summed E-state index contributed by atoms with van der Waals surface area (Å²) in [4.78, 5) is 0.0738. The second-order valence-corrected chi connectivity index (χ2v) is 6.77. The van der Waals surface area contributed by atoms with Gasteiger partial charge < -0.3 is 10.8 Å². The van der Waals surface area contributed by atoms with Gasteiger partial charge in [-0.2, -0.15) is 4.31 Å². The van der Waals surface area contributed by atoms with Gasteiger partial charge in [-0.05, 0) is 31.0 Å². The molecule has 1 aliphatic rings. The van der Waals surface area contributed by atoms with Crippen molar-refractivity contribution < 1.29 is 13.5 Å². The highest BCUT2D eigenvalue weighted by molar-refractivity contribution is 7.89. The van der Waals surface area contributed by atoms with E-state index in [4.69, 9.17) is 17.3 Å². The molecule has 18 heavy (non-hydrogen) atoms. The van der Waals surface area contributed by atoms with Gasteiger partial charge in [0, 0.05) is 23.8 Å². The lowest BCUT2D eigenvalue weighted by Crippen LogP contribution is -2.29. The van der Waals surface area contributed by atoms with Gasteiger partial charge in [0.25, 0.3) is 0 Å². The number of nitrogens with two attached hydrogens (primary N) is 1. The van der Waals surface area contributed by atoms with Gasteiger partial charge in [-0.15, -0.1) is 0 Å². The number of halogens is 1. The van der Waals surface area contributed by atoms with E-state index in [0.717, 1.165) is 0 Å². The summed E-state index contributed by atoms with van der Waals surface area (Å²) < 4.78 is 25.8. The van der Waals surface area contributed by atoms with Gasteiger partial charge in [0.2, 0.25) is 10.0 Å². The van der Waals surface area contributed by atoms with E-state index in [1.54, 1.807) is 6.92 Å². The molecule has 0 aromatic heterocycles. The third-order valence-electron chi connectivity index (χ3n) is 3.12. The molecule has 7 heteroatoms. The first kappa shape index (κ1) is 13.6. The average Bonchev–Trinajstić information content (AvgIpc) is 2.72. The Kier molecular flexibility index (Phi) is 3.55. The monoisotopic (exact) mass is 290 g/mol. The molecule has 1 atom stereocenters. The maximum absolute atomic E-state index is 12.3. The van der Waals surface area contributed by atoms with Crippen LogP contribution in [-0.4, -0.2) is 37.0 Å². The minimum atomic E-state index is -3.62. The van der Waals surface area contributed by atoms with Crippen LogP contribution in [-0.2, 0) is 10.0 Å². The van der Waals surface area contributed by atoms with Crippen LogP contribution in [0.3, 0.4) is 0 Å². The molecule has 0 aliphatic carbocycles. The van der Waals surface area contributed by atoms with Crippen LogP contribution in [0.5, 0.6) is 0 Å². The van der Waals surface area contributed by atoms with E-state index >= 15 is 0 Å². The van der Waals surface area contributed by atoms with E-state index < -0.39 is 16.1 Å². The SMILES string of the molecule is Cc1c(N)cc(S(=O)(=O)N2CCC(O)C2)cc1Cl. The molecule has 1 aliphatic heterocycles. The summed E-state index contributed by atoms with van der Waals surface area (Å²) in [6.45, 7) is 2.16. The fourth-order valence-corrected chi connectivity index (χ4v) is 3.75. The van der Waals surface area contributed by atoms with Crippen LogP contribution in [0.2, 0.25) is 5.02 Å². The van der Waals surface area contributed by atoms with E-state index in [1.807, 2.05) is 0 Å². The van der Waals surface area contributed by atoms with Crippen molar-refractivity contribution in [2.24, 2.45) is 0 Å². The Balaban J connectivity index is 2.42. The van der Waals surface area contributed by atoms with Gasteiger partial charge in [0.15, 0.2) is 0 Å². The normalized spacial score (nSPS) is 21.4.